The van der Waals surface area contributed by atoms with Gasteiger partial charge in [-0.05, 0) is 37.7 Å². The summed E-state index contributed by atoms with van der Waals surface area (Å²) in [6.07, 6.45) is 2.90. The van der Waals surface area contributed by atoms with Crippen molar-refractivity contribution in [1.82, 2.24) is 14.5 Å². The van der Waals surface area contributed by atoms with Gasteiger partial charge in [0, 0.05) is 24.8 Å². The van der Waals surface area contributed by atoms with E-state index in [1.54, 1.807) is 6.20 Å². The maximum atomic E-state index is 5.45. The van der Waals surface area contributed by atoms with Crippen molar-refractivity contribution >= 4 is 23.4 Å². The number of H-pyrrole nitrogens is 1. The highest BCUT2D eigenvalue weighted by atomic mass is 32.1. The molecule has 3 heterocycles. The molecule has 2 atom stereocenters. The number of aromatic nitrogens is 3. The molecule has 2 unspecified atom stereocenters. The monoisotopic (exact) mass is 249 g/mol. The molecule has 1 fully saturated rings. The lowest BCUT2D eigenvalue weighted by Crippen LogP contribution is -2.17. The third-order valence-electron chi connectivity index (χ3n) is 3.53. The van der Waals surface area contributed by atoms with Gasteiger partial charge in [0.1, 0.15) is 0 Å². The smallest absolute Gasteiger partial charge is 0.179 e. The molecule has 1 aliphatic heterocycles. The zero-order valence-corrected chi connectivity index (χ0v) is 10.5. The fraction of sp³-hybridized carbons (Fsp3) is 0.500. The van der Waals surface area contributed by atoms with E-state index in [4.69, 9.17) is 17.0 Å². The predicted molar refractivity (Wildman–Crippen MR) is 68.6 cm³/mol. The van der Waals surface area contributed by atoms with Crippen molar-refractivity contribution < 1.29 is 4.74 Å². The van der Waals surface area contributed by atoms with Gasteiger partial charge in [-0.3, -0.25) is 4.57 Å². The van der Waals surface area contributed by atoms with Gasteiger partial charge in [-0.25, -0.2) is 4.98 Å². The molecule has 2 aromatic rings. The van der Waals surface area contributed by atoms with Crippen LogP contribution in [0.2, 0.25) is 0 Å². The van der Waals surface area contributed by atoms with Crippen LogP contribution < -0.4 is 0 Å². The van der Waals surface area contributed by atoms with Gasteiger partial charge >= 0.3 is 0 Å². The van der Waals surface area contributed by atoms with Crippen molar-refractivity contribution in [3.8, 4) is 0 Å². The first-order valence-corrected chi connectivity index (χ1v) is 6.31. The molecule has 0 radical (unpaired) electrons. The third kappa shape index (κ3) is 1.79. The summed E-state index contributed by atoms with van der Waals surface area (Å²) in [7, 11) is 0. The van der Waals surface area contributed by atoms with E-state index < -0.39 is 0 Å². The van der Waals surface area contributed by atoms with E-state index in [0.717, 1.165) is 35.6 Å². The lowest BCUT2D eigenvalue weighted by molar-refractivity contribution is 0.175. The van der Waals surface area contributed by atoms with Crippen molar-refractivity contribution in [2.75, 3.05) is 13.2 Å². The zero-order valence-electron chi connectivity index (χ0n) is 9.72. The highest BCUT2D eigenvalue weighted by Gasteiger charge is 2.25. The Bertz CT molecular complexity index is 583. The predicted octanol–water partition coefficient (Wildman–Crippen LogP) is 2.69. The molecular formula is C12H15N3OS. The number of pyridine rings is 1. The molecule has 5 heteroatoms. The van der Waals surface area contributed by atoms with Crippen molar-refractivity contribution in [2.24, 2.45) is 5.92 Å². The standard InChI is InChI=1S/C12H15N3OS/c1-8(9-4-6-16-7-9)15-11-10(14-12(15)17)3-2-5-13-11/h2-3,5,8-9H,4,6-7H2,1H3,(H,14,17). The summed E-state index contributed by atoms with van der Waals surface area (Å²) in [5.74, 6) is 0.530. The minimum Gasteiger partial charge on any atom is -0.381 e. The second kappa shape index (κ2) is 4.23. The maximum absolute atomic E-state index is 5.45. The van der Waals surface area contributed by atoms with Crippen LogP contribution >= 0.6 is 12.2 Å². The molecule has 0 amide bonds. The van der Waals surface area contributed by atoms with Gasteiger partial charge in [-0.1, -0.05) is 0 Å². The van der Waals surface area contributed by atoms with Crippen LogP contribution in [0.4, 0.5) is 0 Å². The van der Waals surface area contributed by atoms with Crippen LogP contribution in [0.1, 0.15) is 19.4 Å². The minimum absolute atomic E-state index is 0.327. The highest BCUT2D eigenvalue weighted by Crippen LogP contribution is 2.28. The van der Waals surface area contributed by atoms with E-state index in [2.05, 4.69) is 21.5 Å². The Morgan fingerprint density at radius 1 is 1.65 bits per heavy atom. The highest BCUT2D eigenvalue weighted by molar-refractivity contribution is 7.71. The number of imidazole rings is 1. The Labute approximate surface area is 105 Å². The molecular weight excluding hydrogens is 234 g/mol. The van der Waals surface area contributed by atoms with Crippen LogP contribution in [0, 0.1) is 10.7 Å². The van der Waals surface area contributed by atoms with Crippen molar-refractivity contribution in [1.29, 1.82) is 0 Å². The molecule has 0 saturated carbocycles. The summed E-state index contributed by atoms with van der Waals surface area (Å²) in [4.78, 5) is 7.62. The topological polar surface area (TPSA) is 42.8 Å². The molecule has 1 aliphatic rings. The summed E-state index contributed by atoms with van der Waals surface area (Å²) in [5, 5.41) is 0. The molecule has 3 rings (SSSR count). The van der Waals surface area contributed by atoms with Gasteiger partial charge < -0.3 is 9.72 Å². The zero-order chi connectivity index (χ0) is 11.8. The molecule has 0 aliphatic carbocycles. The first-order chi connectivity index (χ1) is 8.27. The fourth-order valence-corrected chi connectivity index (χ4v) is 2.84. The van der Waals surface area contributed by atoms with E-state index in [9.17, 15) is 0 Å². The van der Waals surface area contributed by atoms with Crippen LogP contribution in [-0.2, 0) is 4.74 Å². The lowest BCUT2D eigenvalue weighted by atomic mass is 10.0. The largest absolute Gasteiger partial charge is 0.381 e. The number of ether oxygens (including phenoxy) is 1. The Kier molecular flexibility index (Phi) is 2.72. The van der Waals surface area contributed by atoms with Crippen LogP contribution in [0.15, 0.2) is 18.3 Å². The van der Waals surface area contributed by atoms with Gasteiger partial charge in [-0.15, -0.1) is 0 Å². The van der Waals surface area contributed by atoms with E-state index in [-0.39, 0.29) is 0 Å². The summed E-state index contributed by atoms with van der Waals surface area (Å²) in [6.45, 7) is 3.87. The fourth-order valence-electron chi connectivity index (χ4n) is 2.48. The maximum Gasteiger partial charge on any atom is 0.179 e. The van der Waals surface area contributed by atoms with Crippen LogP contribution in [0.25, 0.3) is 11.2 Å². The van der Waals surface area contributed by atoms with Gasteiger partial charge in [0.2, 0.25) is 0 Å². The number of hydrogen-bond donors (Lipinski definition) is 1. The minimum atomic E-state index is 0.327. The second-order valence-corrected chi connectivity index (χ2v) is 4.93. The number of rotatable bonds is 2. The van der Waals surface area contributed by atoms with Gasteiger partial charge in [0.05, 0.1) is 12.1 Å². The summed E-state index contributed by atoms with van der Waals surface area (Å²) >= 11 is 5.39. The van der Waals surface area contributed by atoms with Crippen LogP contribution in [0.3, 0.4) is 0 Å². The van der Waals surface area contributed by atoms with Gasteiger partial charge in [0.15, 0.2) is 10.4 Å². The number of fused-ring (bicyclic) bond motifs is 1. The second-order valence-electron chi connectivity index (χ2n) is 4.54. The van der Waals surface area contributed by atoms with Crippen molar-refractivity contribution in [3.05, 3.63) is 23.1 Å². The van der Waals surface area contributed by atoms with Crippen LogP contribution in [-0.4, -0.2) is 27.7 Å². The number of hydrogen-bond acceptors (Lipinski definition) is 3. The van der Waals surface area contributed by atoms with Crippen molar-refractivity contribution in [3.63, 3.8) is 0 Å². The summed E-state index contributed by atoms with van der Waals surface area (Å²) < 4.78 is 8.31. The average molecular weight is 249 g/mol. The van der Waals surface area contributed by atoms with E-state index in [0.29, 0.717) is 12.0 Å². The SMILES string of the molecule is CC(C1CCOC1)n1c(=S)[nH]c2cccnc21. The van der Waals surface area contributed by atoms with Crippen LogP contribution in [0.5, 0.6) is 0 Å². The number of nitrogens with zero attached hydrogens (tertiary/aromatic N) is 2. The molecule has 0 bridgehead atoms. The Morgan fingerprint density at radius 2 is 2.53 bits per heavy atom. The molecule has 1 N–H and O–H groups in total. The molecule has 90 valence electrons. The number of nitrogens with one attached hydrogen (secondary N) is 1. The third-order valence-corrected chi connectivity index (χ3v) is 3.83. The molecule has 2 aromatic heterocycles. The quantitative estimate of drug-likeness (QED) is 0.832. The normalized spacial score (nSPS) is 22.1. The molecule has 4 nitrogen and oxygen atoms in total. The van der Waals surface area contributed by atoms with Gasteiger partial charge in [-0.2, -0.15) is 0 Å². The Hall–Kier alpha value is -1.20. The molecule has 0 aromatic carbocycles. The molecule has 17 heavy (non-hydrogen) atoms. The van der Waals surface area contributed by atoms with E-state index in [1.165, 1.54) is 0 Å². The molecule has 1 saturated heterocycles. The summed E-state index contributed by atoms with van der Waals surface area (Å²) in [5.41, 5.74) is 1.94. The first-order valence-electron chi connectivity index (χ1n) is 5.90. The lowest BCUT2D eigenvalue weighted by Gasteiger charge is -2.19. The van der Waals surface area contributed by atoms with Gasteiger partial charge in [0.25, 0.3) is 0 Å². The van der Waals surface area contributed by atoms with E-state index >= 15 is 0 Å². The molecule has 0 spiro atoms. The average Bonchev–Trinajstić information content (AvgIpc) is 2.94. The van der Waals surface area contributed by atoms with E-state index in [1.807, 2.05) is 12.1 Å². The Balaban J connectivity index is 2.09. The van der Waals surface area contributed by atoms with Crippen molar-refractivity contribution in [2.45, 2.75) is 19.4 Å². The summed E-state index contributed by atoms with van der Waals surface area (Å²) in [6, 6.07) is 4.25. The Morgan fingerprint density at radius 3 is 3.29 bits per heavy atom. The first kappa shape index (κ1) is 10.9. The number of aromatic amines is 1.